The molecule has 0 fully saturated rings. The van der Waals surface area contributed by atoms with E-state index in [0.29, 0.717) is 5.02 Å². The zero-order valence-electron chi connectivity index (χ0n) is 9.22. The van der Waals surface area contributed by atoms with Gasteiger partial charge < -0.3 is 4.74 Å². The van der Waals surface area contributed by atoms with E-state index in [2.05, 4.69) is 4.74 Å². The molecule has 7 heteroatoms. The minimum absolute atomic E-state index is 0.0787. The van der Waals surface area contributed by atoms with Crippen molar-refractivity contribution in [2.24, 2.45) is 0 Å². The maximum atomic E-state index is 11.9. The second-order valence-corrected chi connectivity index (χ2v) is 4.40. The van der Waals surface area contributed by atoms with Gasteiger partial charge in [0.25, 0.3) is 0 Å². The Hall–Kier alpha value is -0.780. The molecule has 0 aromatic heterocycles. The lowest BCUT2D eigenvalue weighted by atomic mass is 10.1. The summed E-state index contributed by atoms with van der Waals surface area (Å²) in [4.78, 5) is 11.8. The number of ketones is 1. The lowest BCUT2D eigenvalue weighted by molar-refractivity contribution is -0.179. The number of alkyl halides is 3. The number of carbonyl (C=O) groups is 1. The van der Waals surface area contributed by atoms with Crippen molar-refractivity contribution in [3.05, 3.63) is 33.8 Å². The van der Waals surface area contributed by atoms with Gasteiger partial charge in [-0.15, -0.1) is 0 Å². The van der Waals surface area contributed by atoms with Gasteiger partial charge in [0.2, 0.25) is 0 Å². The highest BCUT2D eigenvalue weighted by molar-refractivity contribution is 6.37. The molecule has 1 aromatic carbocycles. The average molecular weight is 301 g/mol. The molecule has 0 aliphatic carbocycles. The van der Waals surface area contributed by atoms with E-state index in [9.17, 15) is 18.0 Å². The van der Waals surface area contributed by atoms with E-state index in [4.69, 9.17) is 23.2 Å². The van der Waals surface area contributed by atoms with Gasteiger partial charge in [0.05, 0.1) is 5.02 Å². The first kappa shape index (κ1) is 15.3. The zero-order valence-corrected chi connectivity index (χ0v) is 10.7. The summed E-state index contributed by atoms with van der Waals surface area (Å²) in [5.74, 6) is -0.624. The summed E-state index contributed by atoms with van der Waals surface area (Å²) >= 11 is 11.4. The summed E-state index contributed by atoms with van der Waals surface area (Å²) in [7, 11) is 0. The fraction of sp³-hybridized carbons (Fsp3) is 0.364. The number of carbonyl (C=O) groups excluding carboxylic acids is 1. The molecule has 0 amide bonds. The molecule has 0 aliphatic heterocycles. The van der Waals surface area contributed by atoms with Crippen molar-refractivity contribution in [2.75, 3.05) is 6.61 Å². The van der Waals surface area contributed by atoms with Crippen LogP contribution in [0.15, 0.2) is 18.2 Å². The number of ether oxygens (including phenoxy) is 1. The maximum Gasteiger partial charge on any atom is 0.411 e. The van der Waals surface area contributed by atoms with Crippen LogP contribution in [0.1, 0.15) is 17.3 Å². The smallest absolute Gasteiger partial charge is 0.361 e. The van der Waals surface area contributed by atoms with Crippen LogP contribution in [0.25, 0.3) is 0 Å². The standard InChI is InChI=1S/C11H9Cl2F3O2/c1-6(18-5-11(14,15)16)10(17)8-3-2-7(12)4-9(8)13/h2-4,6H,5H2,1H3. The largest absolute Gasteiger partial charge is 0.411 e. The summed E-state index contributed by atoms with van der Waals surface area (Å²) in [6, 6.07) is 4.12. The molecule has 2 nitrogen and oxygen atoms in total. The Morgan fingerprint density at radius 3 is 2.50 bits per heavy atom. The highest BCUT2D eigenvalue weighted by atomic mass is 35.5. The Balaban J connectivity index is 2.74. The number of halogens is 5. The molecule has 0 heterocycles. The first-order valence-electron chi connectivity index (χ1n) is 4.88. The number of Topliss-reactive ketones (excluding diaryl/α,β-unsaturated/α-hetero) is 1. The van der Waals surface area contributed by atoms with Gasteiger partial charge >= 0.3 is 6.18 Å². The lowest BCUT2D eigenvalue weighted by Gasteiger charge is -2.14. The van der Waals surface area contributed by atoms with Gasteiger partial charge in [-0.2, -0.15) is 13.2 Å². The van der Waals surface area contributed by atoms with E-state index in [1.165, 1.54) is 25.1 Å². The third-order valence-corrected chi connectivity index (χ3v) is 2.61. The van der Waals surface area contributed by atoms with Crippen LogP contribution in [0, 0.1) is 0 Å². The van der Waals surface area contributed by atoms with Crippen LogP contribution in [0.5, 0.6) is 0 Å². The Morgan fingerprint density at radius 1 is 1.39 bits per heavy atom. The van der Waals surface area contributed by atoms with E-state index in [1.54, 1.807) is 0 Å². The highest BCUT2D eigenvalue weighted by Crippen LogP contribution is 2.23. The normalized spacial score (nSPS) is 13.4. The van der Waals surface area contributed by atoms with Gasteiger partial charge in [0.15, 0.2) is 5.78 Å². The van der Waals surface area contributed by atoms with E-state index in [1.807, 2.05) is 0 Å². The predicted molar refractivity (Wildman–Crippen MR) is 62.3 cm³/mol. The van der Waals surface area contributed by atoms with Crippen molar-refractivity contribution in [1.82, 2.24) is 0 Å². The topological polar surface area (TPSA) is 26.3 Å². The molecule has 0 saturated carbocycles. The van der Waals surface area contributed by atoms with Gasteiger partial charge in [0, 0.05) is 10.6 Å². The van der Waals surface area contributed by atoms with Gasteiger partial charge in [-0.3, -0.25) is 4.79 Å². The molecule has 1 atom stereocenters. The summed E-state index contributed by atoms with van der Waals surface area (Å²) in [6.07, 6.45) is -5.71. The molecule has 0 spiro atoms. The van der Waals surface area contributed by atoms with Crippen LogP contribution >= 0.6 is 23.2 Å². The van der Waals surface area contributed by atoms with E-state index < -0.39 is 24.7 Å². The van der Waals surface area contributed by atoms with Crippen LogP contribution < -0.4 is 0 Å². The minimum Gasteiger partial charge on any atom is -0.361 e. The maximum absolute atomic E-state index is 11.9. The molecule has 0 N–H and O–H groups in total. The third kappa shape index (κ3) is 4.48. The van der Waals surface area contributed by atoms with Gasteiger partial charge in [-0.25, -0.2) is 0 Å². The number of hydrogen-bond acceptors (Lipinski definition) is 2. The summed E-state index contributed by atoms with van der Waals surface area (Å²) < 4.78 is 40.2. The molecule has 0 saturated heterocycles. The van der Waals surface area contributed by atoms with E-state index >= 15 is 0 Å². The van der Waals surface area contributed by atoms with Gasteiger partial charge in [-0.05, 0) is 25.1 Å². The first-order chi connectivity index (χ1) is 8.20. The van der Waals surface area contributed by atoms with Crippen molar-refractivity contribution < 1.29 is 22.7 Å². The van der Waals surface area contributed by atoms with Crippen molar-refractivity contribution in [3.63, 3.8) is 0 Å². The Kier molecular flexibility index (Phi) is 5.01. The van der Waals surface area contributed by atoms with Gasteiger partial charge in [0.1, 0.15) is 12.7 Å². The fourth-order valence-corrected chi connectivity index (χ4v) is 1.71. The van der Waals surface area contributed by atoms with Crippen LogP contribution in [0.3, 0.4) is 0 Å². The molecule has 0 aliphatic rings. The molecular formula is C11H9Cl2F3O2. The van der Waals surface area contributed by atoms with Crippen molar-refractivity contribution >= 4 is 29.0 Å². The monoisotopic (exact) mass is 300 g/mol. The number of hydrogen-bond donors (Lipinski definition) is 0. The quantitative estimate of drug-likeness (QED) is 0.781. The SMILES string of the molecule is CC(OCC(F)(F)F)C(=O)c1ccc(Cl)cc1Cl. The summed E-state index contributed by atoms with van der Waals surface area (Å²) in [5, 5.41) is 0.412. The highest BCUT2D eigenvalue weighted by Gasteiger charge is 2.30. The predicted octanol–water partition coefficient (Wildman–Crippen LogP) is 4.14. The Bertz CT molecular complexity index is 446. The van der Waals surface area contributed by atoms with Gasteiger partial charge in [-0.1, -0.05) is 23.2 Å². The van der Waals surface area contributed by atoms with Crippen LogP contribution in [-0.2, 0) is 4.74 Å². The third-order valence-electron chi connectivity index (χ3n) is 2.06. The molecule has 0 bridgehead atoms. The Labute approximate surface area is 112 Å². The number of rotatable bonds is 4. The molecule has 18 heavy (non-hydrogen) atoms. The molecule has 1 aromatic rings. The van der Waals surface area contributed by atoms with Crippen LogP contribution in [0.4, 0.5) is 13.2 Å². The molecule has 0 radical (unpaired) electrons. The first-order valence-corrected chi connectivity index (χ1v) is 5.64. The summed E-state index contributed by atoms with van der Waals surface area (Å²) in [6.45, 7) is -0.246. The molecule has 1 rings (SSSR count). The van der Waals surface area contributed by atoms with Crippen LogP contribution in [-0.4, -0.2) is 24.7 Å². The minimum atomic E-state index is -4.47. The second kappa shape index (κ2) is 5.91. The lowest BCUT2D eigenvalue weighted by Crippen LogP contribution is -2.27. The number of benzene rings is 1. The van der Waals surface area contributed by atoms with Crippen molar-refractivity contribution in [1.29, 1.82) is 0 Å². The van der Waals surface area contributed by atoms with E-state index in [0.717, 1.165) is 0 Å². The molecular weight excluding hydrogens is 292 g/mol. The van der Waals surface area contributed by atoms with Crippen molar-refractivity contribution in [3.8, 4) is 0 Å². The zero-order chi connectivity index (χ0) is 13.9. The molecule has 1 unspecified atom stereocenters. The Morgan fingerprint density at radius 2 is 2.00 bits per heavy atom. The second-order valence-electron chi connectivity index (χ2n) is 3.56. The fourth-order valence-electron chi connectivity index (χ4n) is 1.20. The molecule has 100 valence electrons. The van der Waals surface area contributed by atoms with E-state index in [-0.39, 0.29) is 10.6 Å². The van der Waals surface area contributed by atoms with Crippen molar-refractivity contribution in [2.45, 2.75) is 19.2 Å². The average Bonchev–Trinajstić information content (AvgIpc) is 2.24. The van der Waals surface area contributed by atoms with Crippen LogP contribution in [0.2, 0.25) is 10.0 Å². The summed E-state index contributed by atoms with van der Waals surface area (Å²) in [5.41, 5.74) is 0.0794.